The maximum absolute atomic E-state index is 13.6. The first-order chi connectivity index (χ1) is 20.7. The van der Waals surface area contributed by atoms with Gasteiger partial charge in [-0.3, -0.25) is 13.9 Å². The number of ether oxygens (including phenoxy) is 1. The Kier molecular flexibility index (Phi) is 5.00. The van der Waals surface area contributed by atoms with Crippen LogP contribution in [0, 0.1) is 5.92 Å². The van der Waals surface area contributed by atoms with Crippen LogP contribution in [0.1, 0.15) is 56.7 Å². The molecule has 0 bridgehead atoms. The first kappa shape index (κ1) is 21.4. The number of imidazole rings is 1. The third kappa shape index (κ3) is 3.90. The Balaban J connectivity index is 1.41. The molecule has 2 fully saturated rings. The summed E-state index contributed by atoms with van der Waals surface area (Å²) in [5.41, 5.74) is 5.78. The van der Waals surface area contributed by atoms with Crippen molar-refractivity contribution in [3.8, 4) is 0 Å². The molecule has 210 valence electrons. The van der Waals surface area contributed by atoms with Gasteiger partial charge in [-0.1, -0.05) is 13.8 Å². The third-order valence-corrected chi connectivity index (χ3v) is 8.13. The Bertz CT molecular complexity index is 1880. The van der Waals surface area contributed by atoms with Crippen LogP contribution in [0.3, 0.4) is 0 Å². The van der Waals surface area contributed by atoms with Crippen LogP contribution in [-0.2, 0) is 28.5 Å². The van der Waals surface area contributed by atoms with Crippen LogP contribution in [0.15, 0.2) is 29.2 Å². The van der Waals surface area contributed by atoms with E-state index in [2.05, 4.69) is 20.4 Å². The Labute approximate surface area is 235 Å². The minimum absolute atomic E-state index is 0.00940. The van der Waals surface area contributed by atoms with Crippen molar-refractivity contribution in [3.05, 3.63) is 40.6 Å². The van der Waals surface area contributed by atoms with Crippen molar-refractivity contribution in [3.63, 3.8) is 0 Å². The predicted octanol–water partition coefficient (Wildman–Crippen LogP) is 2.46. The summed E-state index contributed by atoms with van der Waals surface area (Å²) in [5.74, 6) is 0.218. The zero-order valence-corrected chi connectivity index (χ0v) is 22.4. The molecule has 4 aromatic rings. The van der Waals surface area contributed by atoms with Crippen molar-refractivity contribution in [2.24, 2.45) is 18.6 Å². The summed E-state index contributed by atoms with van der Waals surface area (Å²) in [4.78, 5) is 47.0. The predicted molar refractivity (Wildman–Crippen MR) is 148 cm³/mol. The number of aromatic nitrogens is 6. The number of hydrogen-bond acceptors (Lipinski definition) is 8. The second-order valence-electron chi connectivity index (χ2n) is 10.5. The molecule has 6 rings (SSSR count). The van der Waals surface area contributed by atoms with E-state index in [-0.39, 0.29) is 30.1 Å². The normalized spacial score (nSPS) is 27.6. The molecule has 2 amide bonds. The lowest BCUT2D eigenvalue weighted by Crippen LogP contribution is -2.36. The van der Waals surface area contributed by atoms with Gasteiger partial charge in [0.25, 0.3) is 0 Å². The molecule has 4 aromatic heterocycles. The van der Waals surface area contributed by atoms with Gasteiger partial charge in [-0.25, -0.2) is 24.2 Å². The molecule has 2 saturated carbocycles. The van der Waals surface area contributed by atoms with E-state index in [1.165, 1.54) is 17.9 Å². The minimum Gasteiger partial charge on any atom is -0.453 e. The Morgan fingerprint density at radius 1 is 1.30 bits per heavy atom. The van der Waals surface area contributed by atoms with Gasteiger partial charge in [0.1, 0.15) is 17.2 Å². The van der Waals surface area contributed by atoms with Crippen molar-refractivity contribution in [2.75, 3.05) is 12.4 Å². The molecule has 0 unspecified atom stereocenters. The molecule has 13 heteroatoms. The monoisotopic (exact) mass is 551 g/mol. The van der Waals surface area contributed by atoms with Crippen molar-refractivity contribution in [1.29, 1.82) is 0 Å². The molecule has 13 nitrogen and oxygen atoms in total. The van der Waals surface area contributed by atoms with Gasteiger partial charge in [0, 0.05) is 34.6 Å². The smallest absolute Gasteiger partial charge is 0.407 e. The molecule has 0 aromatic carbocycles. The van der Waals surface area contributed by atoms with Gasteiger partial charge in [-0.15, -0.1) is 0 Å². The summed E-state index contributed by atoms with van der Waals surface area (Å²) in [6.45, 7) is 1.13. The number of amides is 2. The number of carbonyl (C=O) groups excluding carboxylic acids is 2. The number of rotatable bonds is 7. The Morgan fingerprint density at radius 3 is 2.77 bits per heavy atom. The zero-order chi connectivity index (χ0) is 31.8. The van der Waals surface area contributed by atoms with E-state index in [0.717, 1.165) is 11.1 Å². The van der Waals surface area contributed by atoms with E-state index >= 15 is 0 Å². The standard InChI is InChI=1S/C27H33N9O4/c1-5-18-17-8-9-21(32-23(17)36(33-18)27(24(28)37)12-14(27)2)31-22-11-19-20(13-29-22)34(3)26(39)35(19)16-7-6-15(10-16)30-25(38)40-4/h8-9,11,13-16H,5-7,10,12H2,1-4H3,(H2,28,37)(H,30,38)(H,29,31,32)/t14-,15+,16+,27-/m0/s1/i3D3,15D. The number of methoxy groups -OCH3 is 1. The number of aryl methyl sites for hydroxylation is 2. The highest BCUT2D eigenvalue weighted by Crippen LogP contribution is 2.50. The van der Waals surface area contributed by atoms with Gasteiger partial charge in [-0.05, 0) is 50.2 Å². The first-order valence-corrected chi connectivity index (χ1v) is 13.2. The fraction of sp³-hybridized carbons (Fsp3) is 0.481. The van der Waals surface area contributed by atoms with Gasteiger partial charge in [0.15, 0.2) is 5.65 Å². The van der Waals surface area contributed by atoms with Crippen molar-refractivity contribution in [2.45, 2.75) is 63.6 Å². The Morgan fingerprint density at radius 2 is 2.10 bits per heavy atom. The average Bonchev–Trinajstić information content (AvgIpc) is 3.20. The fourth-order valence-electron chi connectivity index (χ4n) is 5.84. The van der Waals surface area contributed by atoms with E-state index in [1.807, 2.05) is 19.9 Å². The topological polar surface area (TPSA) is 164 Å². The molecular formula is C27H33N9O4. The number of alkyl carbamates (subject to hydrolysis) is 1. The van der Waals surface area contributed by atoms with Gasteiger partial charge in [0.2, 0.25) is 5.91 Å². The van der Waals surface area contributed by atoms with E-state index < -0.39 is 42.3 Å². The minimum atomic E-state index is -2.78. The van der Waals surface area contributed by atoms with Crippen LogP contribution < -0.4 is 22.1 Å². The molecule has 0 aliphatic heterocycles. The highest BCUT2D eigenvalue weighted by atomic mass is 16.5. The molecule has 4 heterocycles. The zero-order valence-electron chi connectivity index (χ0n) is 26.4. The van der Waals surface area contributed by atoms with Crippen LogP contribution in [0.2, 0.25) is 0 Å². The largest absolute Gasteiger partial charge is 0.453 e. The van der Waals surface area contributed by atoms with E-state index in [4.69, 9.17) is 21.3 Å². The molecule has 40 heavy (non-hydrogen) atoms. The van der Waals surface area contributed by atoms with Crippen LogP contribution in [-0.4, -0.2) is 54.0 Å². The number of fused-ring (bicyclic) bond motifs is 2. The van der Waals surface area contributed by atoms with Gasteiger partial charge >= 0.3 is 11.8 Å². The van der Waals surface area contributed by atoms with Crippen LogP contribution in [0.4, 0.5) is 16.4 Å². The Hall–Kier alpha value is -4.42. The number of nitrogens with two attached hydrogens (primary N) is 1. The molecule has 2 aliphatic rings. The van der Waals surface area contributed by atoms with Crippen LogP contribution in [0.25, 0.3) is 22.1 Å². The molecule has 0 spiro atoms. The summed E-state index contributed by atoms with van der Waals surface area (Å²) in [7, 11) is 1.20. The van der Waals surface area contributed by atoms with Crippen molar-refractivity contribution < 1.29 is 19.8 Å². The van der Waals surface area contributed by atoms with E-state index in [0.29, 0.717) is 40.8 Å². The van der Waals surface area contributed by atoms with Crippen LogP contribution in [0.5, 0.6) is 0 Å². The van der Waals surface area contributed by atoms with Crippen LogP contribution >= 0.6 is 0 Å². The number of pyridine rings is 2. The second kappa shape index (κ2) is 9.35. The molecule has 0 saturated heterocycles. The number of carbonyl (C=O) groups is 2. The molecule has 4 N–H and O–H groups in total. The highest BCUT2D eigenvalue weighted by molar-refractivity contribution is 5.90. The number of hydrogen-bond donors (Lipinski definition) is 3. The van der Waals surface area contributed by atoms with Gasteiger partial charge in [0.05, 0.1) is 31.4 Å². The van der Waals surface area contributed by atoms with Gasteiger partial charge in [-0.2, -0.15) is 5.10 Å². The molecule has 2 aliphatic carbocycles. The average molecular weight is 552 g/mol. The lowest BCUT2D eigenvalue weighted by Gasteiger charge is -2.15. The fourth-order valence-corrected chi connectivity index (χ4v) is 5.84. The van der Waals surface area contributed by atoms with E-state index in [1.54, 1.807) is 16.8 Å². The summed E-state index contributed by atoms with van der Waals surface area (Å²) >= 11 is 0. The lowest BCUT2D eigenvalue weighted by molar-refractivity contribution is -0.123. The molecular weight excluding hydrogens is 514 g/mol. The van der Waals surface area contributed by atoms with Gasteiger partial charge < -0.3 is 21.1 Å². The summed E-state index contributed by atoms with van der Waals surface area (Å²) in [6, 6.07) is 3.21. The molecule has 0 radical (unpaired) electrons. The summed E-state index contributed by atoms with van der Waals surface area (Å²) in [6.07, 6.45) is 2.39. The maximum atomic E-state index is 13.6. The van der Waals surface area contributed by atoms with E-state index in [9.17, 15) is 14.4 Å². The third-order valence-electron chi connectivity index (χ3n) is 8.13. The lowest BCUT2D eigenvalue weighted by atomic mass is 10.2. The first-order valence-electron chi connectivity index (χ1n) is 15.2. The van der Waals surface area contributed by atoms with Crippen molar-refractivity contribution >= 4 is 45.7 Å². The summed E-state index contributed by atoms with van der Waals surface area (Å²) in [5, 5.41) is 11.1. The van der Waals surface area contributed by atoms with Crippen molar-refractivity contribution in [1.82, 2.24) is 34.2 Å². The summed E-state index contributed by atoms with van der Waals surface area (Å²) < 4.78 is 41.0. The second-order valence-corrected chi connectivity index (χ2v) is 10.5. The highest BCUT2D eigenvalue weighted by Gasteiger charge is 2.60. The number of primary amides is 1. The number of nitrogens with zero attached hydrogens (tertiary/aromatic N) is 6. The number of nitrogens with one attached hydrogen (secondary N) is 2. The number of anilines is 2. The SMILES string of the molecule is [2H]C([2H])([2H])n1c(=O)n([C@@H]2CC[C@@]([2H])(NC(=O)OC)C2)c2cc(Nc3ccc4c(CC)nn([C@@]5(C(N)=O)C[C@@H]5C)c4n3)ncc21. The maximum Gasteiger partial charge on any atom is 0.407 e. The molecule has 4 atom stereocenters. The quantitative estimate of drug-likeness (QED) is 0.315.